The highest BCUT2D eigenvalue weighted by Gasteiger charge is 2.15. The maximum absolute atomic E-state index is 12.9. The van der Waals surface area contributed by atoms with Crippen molar-refractivity contribution in [3.63, 3.8) is 0 Å². The van der Waals surface area contributed by atoms with Gasteiger partial charge in [-0.05, 0) is 54.6 Å². The molecule has 0 aliphatic heterocycles. The van der Waals surface area contributed by atoms with Crippen LogP contribution in [0.2, 0.25) is 0 Å². The van der Waals surface area contributed by atoms with Crippen LogP contribution in [-0.4, -0.2) is 18.9 Å². The first kappa shape index (κ1) is 17.4. The Hall–Kier alpha value is -3.41. The van der Waals surface area contributed by atoms with Crippen LogP contribution in [0.25, 0.3) is 0 Å². The van der Waals surface area contributed by atoms with Crippen LogP contribution in [0.4, 0.5) is 4.39 Å². The smallest absolute Gasteiger partial charge is 0.341 e. The summed E-state index contributed by atoms with van der Waals surface area (Å²) >= 11 is 0. The number of hydrogen-bond acceptors (Lipinski definition) is 5. The average Bonchev–Trinajstić information content (AvgIpc) is 3.15. The predicted octanol–water partition coefficient (Wildman–Crippen LogP) is 4.02. The van der Waals surface area contributed by atoms with Gasteiger partial charge in [-0.25, -0.2) is 9.18 Å². The molecule has 0 N–H and O–H groups in total. The van der Waals surface area contributed by atoms with Crippen molar-refractivity contribution in [1.29, 1.82) is 0 Å². The molecule has 3 rings (SSSR count). The van der Waals surface area contributed by atoms with Crippen LogP contribution >= 0.6 is 0 Å². The fraction of sp³-hybridized carbons (Fsp3) is 0.100. The fourth-order valence-corrected chi connectivity index (χ4v) is 2.36. The van der Waals surface area contributed by atoms with Gasteiger partial charge >= 0.3 is 5.97 Å². The van der Waals surface area contributed by atoms with Gasteiger partial charge in [-0.2, -0.15) is 0 Å². The zero-order chi connectivity index (χ0) is 18.5. The number of furan rings is 1. The molecule has 1 heterocycles. The minimum absolute atomic E-state index is 0.0443. The molecule has 0 radical (unpaired) electrons. The van der Waals surface area contributed by atoms with Crippen LogP contribution in [0.1, 0.15) is 32.0 Å². The monoisotopic (exact) mass is 354 g/mol. The molecule has 2 aromatic carbocycles. The topological polar surface area (TPSA) is 65.7 Å². The first-order valence-electron chi connectivity index (χ1n) is 7.76. The Morgan fingerprint density at radius 3 is 2.19 bits per heavy atom. The van der Waals surface area contributed by atoms with Gasteiger partial charge in [0.25, 0.3) is 0 Å². The van der Waals surface area contributed by atoms with Crippen molar-refractivity contribution in [2.24, 2.45) is 0 Å². The molecule has 6 heteroatoms. The van der Waals surface area contributed by atoms with Crippen molar-refractivity contribution in [3.8, 4) is 5.75 Å². The van der Waals surface area contributed by atoms with Gasteiger partial charge in [0.05, 0.1) is 13.4 Å². The Morgan fingerprint density at radius 2 is 1.58 bits per heavy atom. The van der Waals surface area contributed by atoms with E-state index in [1.165, 1.54) is 43.7 Å². The van der Waals surface area contributed by atoms with Crippen molar-refractivity contribution in [3.05, 3.63) is 89.1 Å². The first-order valence-corrected chi connectivity index (χ1v) is 7.76. The fourth-order valence-electron chi connectivity index (χ4n) is 2.36. The molecule has 132 valence electrons. The molecule has 0 aliphatic carbocycles. The lowest BCUT2D eigenvalue weighted by Gasteiger charge is -2.07. The number of ketones is 1. The SMILES string of the molecule is COC(=O)c1ccoc1COc1ccc(C(=O)c2ccc(F)cc2)cc1. The lowest BCUT2D eigenvalue weighted by Crippen LogP contribution is -2.05. The molecule has 1 aromatic heterocycles. The zero-order valence-electron chi connectivity index (χ0n) is 13.9. The van der Waals surface area contributed by atoms with Crippen molar-refractivity contribution in [2.75, 3.05) is 7.11 Å². The largest absolute Gasteiger partial charge is 0.486 e. The first-order chi connectivity index (χ1) is 12.6. The quantitative estimate of drug-likeness (QED) is 0.494. The molecule has 0 unspecified atom stereocenters. The number of carbonyl (C=O) groups excluding carboxylic acids is 2. The summed E-state index contributed by atoms with van der Waals surface area (Å²) in [7, 11) is 1.29. The predicted molar refractivity (Wildman–Crippen MR) is 90.7 cm³/mol. The molecular weight excluding hydrogens is 339 g/mol. The molecule has 0 aliphatic rings. The lowest BCUT2D eigenvalue weighted by molar-refractivity contribution is 0.0595. The minimum Gasteiger partial charge on any atom is -0.486 e. The number of ether oxygens (including phenoxy) is 2. The molecular formula is C20H15FO5. The lowest BCUT2D eigenvalue weighted by atomic mass is 10.0. The van der Waals surface area contributed by atoms with Gasteiger partial charge in [0.15, 0.2) is 11.5 Å². The number of benzene rings is 2. The highest BCUT2D eigenvalue weighted by atomic mass is 19.1. The van der Waals surface area contributed by atoms with E-state index in [-0.39, 0.29) is 12.4 Å². The summed E-state index contributed by atoms with van der Waals surface area (Å²) in [6.45, 7) is 0.0443. The summed E-state index contributed by atoms with van der Waals surface area (Å²) in [6.07, 6.45) is 1.38. The second-order valence-electron chi connectivity index (χ2n) is 5.40. The average molecular weight is 354 g/mol. The van der Waals surface area contributed by atoms with Crippen molar-refractivity contribution in [1.82, 2.24) is 0 Å². The van der Waals surface area contributed by atoms with Crippen LogP contribution < -0.4 is 4.74 Å². The molecule has 3 aromatic rings. The van der Waals surface area contributed by atoms with Gasteiger partial charge in [-0.3, -0.25) is 4.79 Å². The number of methoxy groups -OCH3 is 1. The summed E-state index contributed by atoms with van der Waals surface area (Å²) in [5.74, 6) is -0.251. The molecule has 0 spiro atoms. The molecule has 0 fully saturated rings. The number of esters is 1. The van der Waals surface area contributed by atoms with E-state index in [2.05, 4.69) is 4.74 Å². The van der Waals surface area contributed by atoms with Gasteiger partial charge in [-0.1, -0.05) is 0 Å². The van der Waals surface area contributed by atoms with Gasteiger partial charge in [0, 0.05) is 11.1 Å². The third kappa shape index (κ3) is 3.80. The standard InChI is InChI=1S/C20H15FO5/c1-24-20(23)17-10-11-25-18(17)12-26-16-8-4-14(5-9-16)19(22)13-2-6-15(21)7-3-13/h2-11H,12H2,1H3. The zero-order valence-corrected chi connectivity index (χ0v) is 13.9. The van der Waals surface area contributed by atoms with Gasteiger partial charge < -0.3 is 13.9 Å². The van der Waals surface area contributed by atoms with Crippen molar-refractivity contribution < 1.29 is 27.9 Å². The summed E-state index contributed by atoms with van der Waals surface area (Å²) < 4.78 is 28.4. The van der Waals surface area contributed by atoms with Crippen LogP contribution in [0, 0.1) is 5.82 Å². The second-order valence-corrected chi connectivity index (χ2v) is 5.40. The highest BCUT2D eigenvalue weighted by molar-refractivity contribution is 6.09. The molecule has 0 saturated carbocycles. The Kier molecular flexibility index (Phi) is 5.12. The molecule has 0 amide bonds. The van der Waals surface area contributed by atoms with Crippen molar-refractivity contribution >= 4 is 11.8 Å². The molecule has 0 atom stereocenters. The Balaban J connectivity index is 1.67. The van der Waals surface area contributed by atoms with E-state index in [0.717, 1.165) is 0 Å². The summed E-state index contributed by atoms with van der Waals surface area (Å²) in [6, 6.07) is 13.4. The van der Waals surface area contributed by atoms with Crippen LogP contribution in [0.5, 0.6) is 5.75 Å². The maximum atomic E-state index is 12.9. The Labute approximate surface area is 149 Å². The number of halogens is 1. The van der Waals surface area contributed by atoms with Crippen molar-refractivity contribution in [2.45, 2.75) is 6.61 Å². The molecule has 26 heavy (non-hydrogen) atoms. The van der Waals surface area contributed by atoms with Crippen LogP contribution in [-0.2, 0) is 11.3 Å². The molecule has 5 nitrogen and oxygen atoms in total. The molecule has 0 saturated heterocycles. The van der Waals surface area contributed by atoms with E-state index < -0.39 is 11.8 Å². The van der Waals surface area contributed by atoms with E-state index in [1.807, 2.05) is 0 Å². The number of hydrogen-bond donors (Lipinski definition) is 0. The van der Waals surface area contributed by atoms with E-state index in [1.54, 1.807) is 24.3 Å². The Bertz CT molecular complexity index is 910. The maximum Gasteiger partial charge on any atom is 0.341 e. The van der Waals surface area contributed by atoms with Gasteiger partial charge in [-0.15, -0.1) is 0 Å². The summed E-state index contributed by atoms with van der Waals surface area (Å²) in [4.78, 5) is 23.9. The van der Waals surface area contributed by atoms with E-state index >= 15 is 0 Å². The van der Waals surface area contributed by atoms with E-state index in [4.69, 9.17) is 9.15 Å². The van der Waals surface area contributed by atoms with Crippen LogP contribution in [0.3, 0.4) is 0 Å². The third-order valence-electron chi connectivity index (χ3n) is 3.74. The molecule has 0 bridgehead atoms. The third-order valence-corrected chi connectivity index (χ3v) is 3.74. The number of carbonyl (C=O) groups is 2. The van der Waals surface area contributed by atoms with E-state index in [9.17, 15) is 14.0 Å². The Morgan fingerprint density at radius 1 is 0.962 bits per heavy atom. The second kappa shape index (κ2) is 7.65. The van der Waals surface area contributed by atoms with E-state index in [0.29, 0.717) is 28.2 Å². The highest BCUT2D eigenvalue weighted by Crippen LogP contribution is 2.19. The number of rotatable bonds is 6. The van der Waals surface area contributed by atoms with Crippen LogP contribution in [0.15, 0.2) is 65.3 Å². The van der Waals surface area contributed by atoms with Gasteiger partial charge in [0.1, 0.15) is 23.7 Å². The normalized spacial score (nSPS) is 10.4. The summed E-state index contributed by atoms with van der Waals surface area (Å²) in [5, 5.41) is 0. The summed E-state index contributed by atoms with van der Waals surface area (Å²) in [5.41, 5.74) is 1.16. The van der Waals surface area contributed by atoms with Gasteiger partial charge in [0.2, 0.25) is 0 Å². The minimum atomic E-state index is -0.502.